The Kier molecular flexibility index (Phi) is 4.87. The topological polar surface area (TPSA) is 89.4 Å². The molecular formula is C18H9F6N7. The predicted molar refractivity (Wildman–Crippen MR) is 95.9 cm³/mol. The van der Waals surface area contributed by atoms with Gasteiger partial charge in [0.15, 0.2) is 5.65 Å². The quantitative estimate of drug-likeness (QED) is 0.467. The number of halogens is 6. The molecule has 31 heavy (non-hydrogen) atoms. The Hall–Kier alpha value is -3.90. The van der Waals surface area contributed by atoms with Crippen LogP contribution in [0.5, 0.6) is 0 Å². The van der Waals surface area contributed by atoms with Gasteiger partial charge in [0, 0.05) is 12.4 Å². The molecule has 4 rings (SSSR count). The fourth-order valence-corrected chi connectivity index (χ4v) is 2.66. The Morgan fingerprint density at radius 1 is 0.774 bits per heavy atom. The first-order valence-corrected chi connectivity index (χ1v) is 8.44. The predicted octanol–water partition coefficient (Wildman–Crippen LogP) is 4.66. The maximum absolute atomic E-state index is 13.2. The minimum absolute atomic E-state index is 0.00631. The summed E-state index contributed by atoms with van der Waals surface area (Å²) in [5.74, 6) is 0.0969. The summed E-state index contributed by atoms with van der Waals surface area (Å²) in [5.41, 5.74) is -2.17. The summed E-state index contributed by atoms with van der Waals surface area (Å²) in [4.78, 5) is 15.9. The lowest BCUT2D eigenvalue weighted by atomic mass is 10.1. The second-order valence-electron chi connectivity index (χ2n) is 6.13. The van der Waals surface area contributed by atoms with E-state index >= 15 is 0 Å². The van der Waals surface area contributed by atoms with Crippen LogP contribution in [0.1, 0.15) is 11.1 Å². The fourth-order valence-electron chi connectivity index (χ4n) is 2.66. The molecule has 0 aliphatic heterocycles. The molecule has 0 atom stereocenters. The lowest BCUT2D eigenvalue weighted by Crippen LogP contribution is -2.10. The maximum atomic E-state index is 13.2. The van der Waals surface area contributed by atoms with Crippen molar-refractivity contribution >= 4 is 22.7 Å². The highest BCUT2D eigenvalue weighted by molar-refractivity contribution is 5.87. The average molecular weight is 437 g/mol. The standard InChI is InChI=1S/C18H9F6N7/c19-17(20,21)9-1-2-13(26-7-9)29-11-4-5-25-16-15(11)27-8-12(30-16)14-10(18(22,23)24)3-6-28-31-14/h1-8H,(H,25,26,29,30). The largest absolute Gasteiger partial charge is 0.418 e. The van der Waals surface area contributed by atoms with Crippen LogP contribution in [0.2, 0.25) is 0 Å². The summed E-state index contributed by atoms with van der Waals surface area (Å²) in [7, 11) is 0. The van der Waals surface area contributed by atoms with Crippen molar-refractivity contribution in [3.8, 4) is 11.4 Å². The maximum Gasteiger partial charge on any atom is 0.418 e. The van der Waals surface area contributed by atoms with E-state index in [1.165, 1.54) is 12.3 Å². The third kappa shape index (κ3) is 4.20. The number of alkyl halides is 6. The molecule has 4 aromatic heterocycles. The van der Waals surface area contributed by atoms with Gasteiger partial charge in [0.05, 0.1) is 29.2 Å². The number of pyridine rings is 2. The minimum atomic E-state index is -4.67. The first-order valence-electron chi connectivity index (χ1n) is 8.44. The monoisotopic (exact) mass is 437 g/mol. The molecule has 158 valence electrons. The normalized spacial score (nSPS) is 12.2. The third-order valence-corrected chi connectivity index (χ3v) is 4.07. The summed E-state index contributed by atoms with van der Waals surface area (Å²) in [6, 6.07) is 4.23. The van der Waals surface area contributed by atoms with Crippen molar-refractivity contribution in [1.82, 2.24) is 30.1 Å². The van der Waals surface area contributed by atoms with Gasteiger partial charge in [0.1, 0.15) is 22.7 Å². The van der Waals surface area contributed by atoms with Crippen molar-refractivity contribution in [2.24, 2.45) is 0 Å². The van der Waals surface area contributed by atoms with E-state index in [4.69, 9.17) is 0 Å². The van der Waals surface area contributed by atoms with Gasteiger partial charge in [-0.3, -0.25) is 0 Å². The van der Waals surface area contributed by atoms with E-state index in [-0.39, 0.29) is 22.7 Å². The van der Waals surface area contributed by atoms with Crippen LogP contribution in [0.25, 0.3) is 22.6 Å². The molecule has 4 heterocycles. The van der Waals surface area contributed by atoms with Gasteiger partial charge in [-0.15, -0.1) is 5.10 Å². The van der Waals surface area contributed by atoms with Crippen LogP contribution in [0, 0.1) is 0 Å². The number of nitrogens with zero attached hydrogens (tertiary/aromatic N) is 6. The second-order valence-corrected chi connectivity index (χ2v) is 6.13. The van der Waals surface area contributed by atoms with Crippen LogP contribution >= 0.6 is 0 Å². The average Bonchev–Trinajstić information content (AvgIpc) is 2.73. The van der Waals surface area contributed by atoms with Crippen molar-refractivity contribution in [3.63, 3.8) is 0 Å². The second kappa shape index (κ2) is 7.41. The number of nitrogens with one attached hydrogen (secondary N) is 1. The summed E-state index contributed by atoms with van der Waals surface area (Å²) in [6.45, 7) is 0. The summed E-state index contributed by atoms with van der Waals surface area (Å²) < 4.78 is 77.7. The van der Waals surface area contributed by atoms with Crippen molar-refractivity contribution in [2.45, 2.75) is 12.4 Å². The van der Waals surface area contributed by atoms with Gasteiger partial charge in [-0.2, -0.15) is 31.4 Å². The van der Waals surface area contributed by atoms with Gasteiger partial charge in [-0.05, 0) is 24.3 Å². The van der Waals surface area contributed by atoms with Gasteiger partial charge < -0.3 is 5.32 Å². The number of aromatic nitrogens is 6. The van der Waals surface area contributed by atoms with Crippen LogP contribution in [0.15, 0.2) is 49.1 Å². The van der Waals surface area contributed by atoms with Crippen LogP contribution in [-0.4, -0.2) is 30.1 Å². The number of fused-ring (bicyclic) bond motifs is 1. The molecule has 7 nitrogen and oxygen atoms in total. The lowest BCUT2D eigenvalue weighted by Gasteiger charge is -2.12. The number of rotatable bonds is 3. The molecule has 0 aliphatic rings. The molecule has 0 aromatic carbocycles. The molecule has 1 N–H and O–H groups in total. The van der Waals surface area contributed by atoms with Crippen molar-refractivity contribution in [3.05, 3.63) is 60.2 Å². The molecule has 0 aliphatic carbocycles. The Bertz CT molecular complexity index is 1240. The minimum Gasteiger partial charge on any atom is -0.338 e. The lowest BCUT2D eigenvalue weighted by molar-refractivity contribution is -0.138. The van der Waals surface area contributed by atoms with Gasteiger partial charge in [0.2, 0.25) is 0 Å². The molecule has 0 saturated heterocycles. The fraction of sp³-hybridized carbons (Fsp3) is 0.111. The Morgan fingerprint density at radius 2 is 1.58 bits per heavy atom. The number of hydrogen-bond donors (Lipinski definition) is 1. The van der Waals surface area contributed by atoms with Crippen LogP contribution < -0.4 is 5.32 Å². The molecule has 0 spiro atoms. The smallest absolute Gasteiger partial charge is 0.338 e. The summed E-state index contributed by atoms with van der Waals surface area (Å²) >= 11 is 0. The Balaban J connectivity index is 1.70. The van der Waals surface area contributed by atoms with Crippen LogP contribution in [0.3, 0.4) is 0 Å². The van der Waals surface area contributed by atoms with E-state index < -0.39 is 29.2 Å². The molecule has 0 amide bonds. The van der Waals surface area contributed by atoms with Crippen LogP contribution in [-0.2, 0) is 12.4 Å². The Morgan fingerprint density at radius 3 is 2.26 bits per heavy atom. The zero-order valence-corrected chi connectivity index (χ0v) is 15.1. The third-order valence-electron chi connectivity index (χ3n) is 4.07. The zero-order chi connectivity index (χ0) is 22.2. The van der Waals surface area contributed by atoms with E-state index in [0.29, 0.717) is 11.9 Å². The molecule has 0 saturated carbocycles. The highest BCUT2D eigenvalue weighted by Gasteiger charge is 2.35. The van der Waals surface area contributed by atoms with Gasteiger partial charge >= 0.3 is 12.4 Å². The summed E-state index contributed by atoms with van der Waals surface area (Å²) in [6.07, 6.45) is -5.22. The molecule has 4 aromatic rings. The molecule has 0 unspecified atom stereocenters. The van der Waals surface area contributed by atoms with Crippen molar-refractivity contribution in [1.29, 1.82) is 0 Å². The molecule has 13 heteroatoms. The van der Waals surface area contributed by atoms with Gasteiger partial charge in [-0.1, -0.05) is 0 Å². The van der Waals surface area contributed by atoms with Gasteiger partial charge in [-0.25, -0.2) is 19.9 Å². The first-order chi connectivity index (χ1) is 14.6. The van der Waals surface area contributed by atoms with Crippen molar-refractivity contribution in [2.75, 3.05) is 5.32 Å². The van der Waals surface area contributed by atoms with E-state index in [9.17, 15) is 26.3 Å². The van der Waals surface area contributed by atoms with E-state index in [1.807, 2.05) is 0 Å². The Labute approximate surface area is 169 Å². The van der Waals surface area contributed by atoms with Crippen molar-refractivity contribution < 1.29 is 26.3 Å². The molecular weight excluding hydrogens is 428 g/mol. The van der Waals surface area contributed by atoms with E-state index in [2.05, 4.69) is 35.5 Å². The highest BCUT2D eigenvalue weighted by Crippen LogP contribution is 2.35. The summed E-state index contributed by atoms with van der Waals surface area (Å²) in [5, 5.41) is 9.79. The number of anilines is 2. The zero-order valence-electron chi connectivity index (χ0n) is 15.1. The number of hydrogen-bond acceptors (Lipinski definition) is 7. The van der Waals surface area contributed by atoms with E-state index in [1.54, 1.807) is 0 Å². The first kappa shape index (κ1) is 20.4. The SMILES string of the molecule is FC(F)(F)c1ccc(Nc2ccnc3nc(-c4nnccc4C(F)(F)F)cnc23)nc1. The highest BCUT2D eigenvalue weighted by atomic mass is 19.4. The van der Waals surface area contributed by atoms with Gasteiger partial charge in [0.25, 0.3) is 0 Å². The molecule has 0 radical (unpaired) electrons. The molecule has 0 fully saturated rings. The van der Waals surface area contributed by atoms with Crippen LogP contribution in [0.4, 0.5) is 37.8 Å². The van der Waals surface area contributed by atoms with E-state index in [0.717, 1.165) is 30.6 Å². The molecule has 0 bridgehead atoms.